The summed E-state index contributed by atoms with van der Waals surface area (Å²) >= 11 is 3.16. The Kier molecular flexibility index (Phi) is 3.62. The number of benzene rings is 1. The van der Waals surface area contributed by atoms with Crippen LogP contribution in [0.1, 0.15) is 10.6 Å². The number of ether oxygens (including phenoxy) is 1. The van der Waals surface area contributed by atoms with Crippen LogP contribution in [0.4, 0.5) is 5.69 Å². The smallest absolute Gasteiger partial charge is 0.291 e. The van der Waals surface area contributed by atoms with Crippen LogP contribution in [-0.4, -0.2) is 18.0 Å². The van der Waals surface area contributed by atoms with E-state index in [-0.39, 0.29) is 11.7 Å². The second kappa shape index (κ2) is 5.57. The number of carbonyl (C=O) groups excluding carboxylic acids is 1. The lowest BCUT2D eigenvalue weighted by Crippen LogP contribution is -2.10. The zero-order chi connectivity index (χ0) is 14.8. The van der Waals surface area contributed by atoms with E-state index < -0.39 is 0 Å². The fraction of sp³-hybridized carbons (Fsp3) is 0.0667. The molecule has 0 aliphatic carbocycles. The van der Waals surface area contributed by atoms with E-state index in [1.807, 2.05) is 24.3 Å². The van der Waals surface area contributed by atoms with Gasteiger partial charge in [-0.2, -0.15) is 0 Å². The average molecular weight is 347 g/mol. The van der Waals surface area contributed by atoms with Crippen molar-refractivity contribution in [2.24, 2.45) is 0 Å². The van der Waals surface area contributed by atoms with Crippen molar-refractivity contribution in [3.05, 3.63) is 53.0 Å². The van der Waals surface area contributed by atoms with E-state index in [0.29, 0.717) is 10.4 Å². The predicted molar refractivity (Wildman–Crippen MR) is 82.7 cm³/mol. The van der Waals surface area contributed by atoms with Crippen LogP contribution in [0, 0.1) is 0 Å². The summed E-state index contributed by atoms with van der Waals surface area (Å²) in [6.45, 7) is 0. The van der Waals surface area contributed by atoms with Crippen LogP contribution in [0.15, 0.2) is 51.7 Å². The summed E-state index contributed by atoms with van der Waals surface area (Å²) in [6.07, 6.45) is 1.59. The molecular formula is C15H11BrN2O3. The van der Waals surface area contributed by atoms with Crippen LogP contribution >= 0.6 is 15.9 Å². The number of hydrogen-bond acceptors (Lipinski definition) is 4. The Bertz CT molecular complexity index is 814. The SMILES string of the molecule is COc1ccc2cc(NC(=O)c3ccc(Br)o3)cnc2c1. The molecule has 0 atom stereocenters. The predicted octanol–water partition coefficient (Wildman–Crippen LogP) is 3.85. The molecule has 0 spiro atoms. The quantitative estimate of drug-likeness (QED) is 0.782. The van der Waals surface area contributed by atoms with Gasteiger partial charge in [0.2, 0.25) is 0 Å². The molecular weight excluding hydrogens is 336 g/mol. The highest BCUT2D eigenvalue weighted by Gasteiger charge is 2.11. The van der Waals surface area contributed by atoms with E-state index in [9.17, 15) is 4.79 Å². The Morgan fingerprint density at radius 2 is 2.14 bits per heavy atom. The summed E-state index contributed by atoms with van der Waals surface area (Å²) in [5.41, 5.74) is 1.40. The Balaban J connectivity index is 1.86. The lowest BCUT2D eigenvalue weighted by molar-refractivity contribution is 0.0995. The highest BCUT2D eigenvalue weighted by Crippen LogP contribution is 2.22. The first-order chi connectivity index (χ1) is 10.2. The minimum atomic E-state index is -0.324. The number of pyridine rings is 1. The molecule has 3 aromatic rings. The summed E-state index contributed by atoms with van der Waals surface area (Å²) in [5, 5.41) is 3.66. The highest BCUT2D eigenvalue weighted by molar-refractivity contribution is 9.10. The van der Waals surface area contributed by atoms with Crippen molar-refractivity contribution in [1.29, 1.82) is 0 Å². The minimum Gasteiger partial charge on any atom is -0.497 e. The van der Waals surface area contributed by atoms with E-state index in [0.717, 1.165) is 16.7 Å². The van der Waals surface area contributed by atoms with Crippen LogP contribution in [0.25, 0.3) is 10.9 Å². The van der Waals surface area contributed by atoms with Gasteiger partial charge in [0.05, 0.1) is 24.5 Å². The summed E-state index contributed by atoms with van der Waals surface area (Å²) in [6, 6.07) is 10.7. The number of methoxy groups -OCH3 is 1. The van der Waals surface area contributed by atoms with Crippen molar-refractivity contribution in [3.63, 3.8) is 0 Å². The maximum absolute atomic E-state index is 12.0. The van der Waals surface area contributed by atoms with Crippen LogP contribution in [0.3, 0.4) is 0 Å². The second-order valence-electron chi connectivity index (χ2n) is 4.34. The minimum absolute atomic E-state index is 0.233. The molecule has 0 aliphatic heterocycles. The molecule has 6 heteroatoms. The Morgan fingerprint density at radius 3 is 2.86 bits per heavy atom. The molecule has 1 N–H and O–H groups in total. The van der Waals surface area contributed by atoms with Crippen molar-refractivity contribution in [2.75, 3.05) is 12.4 Å². The fourth-order valence-corrected chi connectivity index (χ4v) is 2.23. The van der Waals surface area contributed by atoms with E-state index in [1.54, 1.807) is 25.4 Å². The summed E-state index contributed by atoms with van der Waals surface area (Å²) in [4.78, 5) is 16.3. The Hall–Kier alpha value is -2.34. The first-order valence-electron chi connectivity index (χ1n) is 6.16. The molecule has 2 aromatic heterocycles. The molecule has 0 fully saturated rings. The third kappa shape index (κ3) is 2.90. The number of hydrogen-bond donors (Lipinski definition) is 1. The third-order valence-electron chi connectivity index (χ3n) is 2.95. The van der Waals surface area contributed by atoms with Gasteiger partial charge >= 0.3 is 0 Å². The zero-order valence-electron chi connectivity index (χ0n) is 11.1. The van der Waals surface area contributed by atoms with Gasteiger partial charge < -0.3 is 14.5 Å². The van der Waals surface area contributed by atoms with Crippen molar-refractivity contribution in [1.82, 2.24) is 4.98 Å². The molecule has 0 saturated heterocycles. The lowest BCUT2D eigenvalue weighted by atomic mass is 10.2. The zero-order valence-corrected chi connectivity index (χ0v) is 12.7. The molecule has 0 unspecified atom stereocenters. The van der Waals surface area contributed by atoms with Gasteiger partial charge in [-0.1, -0.05) is 0 Å². The van der Waals surface area contributed by atoms with Crippen molar-refractivity contribution >= 4 is 38.4 Å². The number of aromatic nitrogens is 1. The molecule has 2 heterocycles. The number of furan rings is 1. The number of carbonyl (C=O) groups is 1. The molecule has 1 aromatic carbocycles. The van der Waals surface area contributed by atoms with Crippen LogP contribution in [0.5, 0.6) is 5.75 Å². The Morgan fingerprint density at radius 1 is 1.29 bits per heavy atom. The van der Waals surface area contributed by atoms with Gasteiger partial charge in [0, 0.05) is 11.5 Å². The monoisotopic (exact) mass is 346 g/mol. The number of nitrogens with one attached hydrogen (secondary N) is 1. The molecule has 0 aliphatic rings. The molecule has 0 bridgehead atoms. The summed E-state index contributed by atoms with van der Waals surface area (Å²) < 4.78 is 10.9. The van der Waals surface area contributed by atoms with Gasteiger partial charge in [0.15, 0.2) is 10.4 Å². The molecule has 0 radical (unpaired) electrons. The number of rotatable bonds is 3. The van der Waals surface area contributed by atoms with Gasteiger partial charge in [0.1, 0.15) is 5.75 Å². The number of fused-ring (bicyclic) bond motifs is 1. The van der Waals surface area contributed by atoms with Gasteiger partial charge in [-0.3, -0.25) is 9.78 Å². The normalized spacial score (nSPS) is 10.6. The molecule has 21 heavy (non-hydrogen) atoms. The van der Waals surface area contributed by atoms with Crippen LogP contribution < -0.4 is 10.1 Å². The molecule has 5 nitrogen and oxygen atoms in total. The fourth-order valence-electron chi connectivity index (χ4n) is 1.93. The van der Waals surface area contributed by atoms with Gasteiger partial charge in [-0.05, 0) is 46.3 Å². The first-order valence-corrected chi connectivity index (χ1v) is 6.95. The standard InChI is InChI=1S/C15H11BrN2O3/c1-20-11-3-2-9-6-10(8-17-12(9)7-11)18-15(19)13-4-5-14(16)21-13/h2-8H,1H3,(H,18,19). The lowest BCUT2D eigenvalue weighted by Gasteiger charge is -2.06. The van der Waals surface area contributed by atoms with E-state index in [2.05, 4.69) is 26.2 Å². The van der Waals surface area contributed by atoms with Crippen LogP contribution in [0.2, 0.25) is 0 Å². The topological polar surface area (TPSA) is 64.4 Å². The second-order valence-corrected chi connectivity index (χ2v) is 5.12. The number of amides is 1. The van der Waals surface area contributed by atoms with Gasteiger partial charge in [-0.15, -0.1) is 0 Å². The highest BCUT2D eigenvalue weighted by atomic mass is 79.9. The van der Waals surface area contributed by atoms with Crippen molar-refractivity contribution in [2.45, 2.75) is 0 Å². The van der Waals surface area contributed by atoms with E-state index >= 15 is 0 Å². The Labute approximate surface area is 129 Å². The largest absolute Gasteiger partial charge is 0.497 e. The molecule has 0 saturated carbocycles. The van der Waals surface area contributed by atoms with Gasteiger partial charge in [0.25, 0.3) is 5.91 Å². The van der Waals surface area contributed by atoms with Crippen molar-refractivity contribution in [3.8, 4) is 5.75 Å². The maximum Gasteiger partial charge on any atom is 0.291 e. The summed E-state index contributed by atoms with van der Waals surface area (Å²) in [7, 11) is 1.61. The van der Waals surface area contributed by atoms with E-state index in [1.165, 1.54) is 0 Å². The summed E-state index contributed by atoms with van der Waals surface area (Å²) in [5.74, 6) is 0.652. The first kappa shape index (κ1) is 13.6. The van der Waals surface area contributed by atoms with E-state index in [4.69, 9.17) is 9.15 Å². The van der Waals surface area contributed by atoms with Gasteiger partial charge in [-0.25, -0.2) is 0 Å². The average Bonchev–Trinajstić information content (AvgIpc) is 2.93. The maximum atomic E-state index is 12.0. The molecule has 106 valence electrons. The molecule has 3 rings (SSSR count). The number of nitrogens with zero attached hydrogens (tertiary/aromatic N) is 1. The number of halogens is 1. The van der Waals surface area contributed by atoms with Crippen LogP contribution in [-0.2, 0) is 0 Å². The molecule has 1 amide bonds. The van der Waals surface area contributed by atoms with Crippen molar-refractivity contribution < 1.29 is 13.9 Å². The third-order valence-corrected chi connectivity index (χ3v) is 3.37. The number of anilines is 1.